The molecule has 0 fully saturated rings. The van der Waals surface area contributed by atoms with Gasteiger partial charge in [-0.1, -0.05) is 24.3 Å². The van der Waals surface area contributed by atoms with E-state index in [2.05, 4.69) is 35.8 Å². The number of benzene rings is 1. The van der Waals surface area contributed by atoms with E-state index in [1.54, 1.807) is 0 Å². The van der Waals surface area contributed by atoms with Crippen LogP contribution in [0.15, 0.2) is 24.3 Å². The average Bonchev–Trinajstić information content (AvgIpc) is 2.25. The van der Waals surface area contributed by atoms with E-state index in [-0.39, 0.29) is 0 Å². The van der Waals surface area contributed by atoms with Crippen molar-refractivity contribution in [2.24, 2.45) is 0 Å². The van der Waals surface area contributed by atoms with Crippen LogP contribution in [-0.4, -0.2) is 18.6 Å². The predicted molar refractivity (Wildman–Crippen MR) is 66.1 cm³/mol. The normalized spacial score (nSPS) is 10.4. The third-order valence-corrected chi connectivity index (χ3v) is 2.88. The maximum atomic E-state index is 5.76. The SMILES string of the molecule is CSCCNCc1cccc(CCl)c1. The Bertz CT molecular complexity index is 265. The van der Waals surface area contributed by atoms with Gasteiger partial charge in [0.2, 0.25) is 0 Å². The van der Waals surface area contributed by atoms with Gasteiger partial charge in [0.15, 0.2) is 0 Å². The molecule has 0 atom stereocenters. The third-order valence-electron chi connectivity index (χ3n) is 1.96. The lowest BCUT2D eigenvalue weighted by Gasteiger charge is -2.04. The zero-order valence-electron chi connectivity index (χ0n) is 8.42. The van der Waals surface area contributed by atoms with Crippen LogP contribution in [0.5, 0.6) is 0 Å². The molecule has 1 N–H and O–H groups in total. The van der Waals surface area contributed by atoms with E-state index < -0.39 is 0 Å². The monoisotopic (exact) mass is 229 g/mol. The second kappa shape index (κ2) is 7.16. The number of hydrogen-bond donors (Lipinski definition) is 1. The van der Waals surface area contributed by atoms with Crippen molar-refractivity contribution in [3.8, 4) is 0 Å². The second-order valence-electron chi connectivity index (χ2n) is 3.12. The van der Waals surface area contributed by atoms with Crippen LogP contribution in [-0.2, 0) is 12.4 Å². The number of alkyl halides is 1. The molecule has 0 aliphatic rings. The molecule has 3 heteroatoms. The third kappa shape index (κ3) is 4.36. The highest BCUT2D eigenvalue weighted by atomic mass is 35.5. The van der Waals surface area contributed by atoms with Gasteiger partial charge >= 0.3 is 0 Å². The zero-order chi connectivity index (χ0) is 10.2. The van der Waals surface area contributed by atoms with Crippen molar-refractivity contribution in [1.82, 2.24) is 5.32 Å². The molecular formula is C11H16ClNS. The van der Waals surface area contributed by atoms with Crippen LogP contribution in [0, 0.1) is 0 Å². The van der Waals surface area contributed by atoms with E-state index in [9.17, 15) is 0 Å². The van der Waals surface area contributed by atoms with Crippen molar-refractivity contribution in [2.75, 3.05) is 18.6 Å². The fraction of sp³-hybridized carbons (Fsp3) is 0.455. The summed E-state index contributed by atoms with van der Waals surface area (Å²) in [7, 11) is 0. The van der Waals surface area contributed by atoms with Crippen molar-refractivity contribution in [2.45, 2.75) is 12.4 Å². The zero-order valence-corrected chi connectivity index (χ0v) is 10.00. The van der Waals surface area contributed by atoms with Crippen LogP contribution >= 0.6 is 23.4 Å². The Balaban J connectivity index is 2.34. The van der Waals surface area contributed by atoms with Crippen molar-refractivity contribution < 1.29 is 0 Å². The summed E-state index contributed by atoms with van der Waals surface area (Å²) in [4.78, 5) is 0. The minimum atomic E-state index is 0.596. The lowest BCUT2D eigenvalue weighted by atomic mass is 10.1. The van der Waals surface area contributed by atoms with E-state index in [0.29, 0.717) is 5.88 Å². The summed E-state index contributed by atoms with van der Waals surface area (Å²) in [5, 5.41) is 3.39. The summed E-state index contributed by atoms with van der Waals surface area (Å²) < 4.78 is 0. The molecule has 1 aromatic rings. The highest BCUT2D eigenvalue weighted by Gasteiger charge is 1.94. The first-order valence-electron chi connectivity index (χ1n) is 4.70. The van der Waals surface area contributed by atoms with Crippen LogP contribution in [0.3, 0.4) is 0 Å². The van der Waals surface area contributed by atoms with Gasteiger partial charge in [-0.2, -0.15) is 11.8 Å². The Kier molecular flexibility index (Phi) is 6.08. The summed E-state index contributed by atoms with van der Waals surface area (Å²) in [5.74, 6) is 1.76. The number of hydrogen-bond acceptors (Lipinski definition) is 2. The molecule has 0 bridgehead atoms. The standard InChI is InChI=1S/C11H16ClNS/c1-14-6-5-13-9-11-4-2-3-10(7-11)8-12/h2-4,7,13H,5-6,8-9H2,1H3. The Morgan fingerprint density at radius 3 is 2.86 bits per heavy atom. The maximum absolute atomic E-state index is 5.76. The molecule has 1 rings (SSSR count). The molecule has 1 aromatic carbocycles. The molecule has 1 nitrogen and oxygen atoms in total. The smallest absolute Gasteiger partial charge is 0.0474 e. The van der Waals surface area contributed by atoms with Gasteiger partial charge in [-0.3, -0.25) is 0 Å². The van der Waals surface area contributed by atoms with Gasteiger partial charge in [0.1, 0.15) is 0 Å². The molecule has 0 saturated heterocycles. The van der Waals surface area contributed by atoms with Gasteiger partial charge in [-0.25, -0.2) is 0 Å². The summed E-state index contributed by atoms with van der Waals surface area (Å²) >= 11 is 7.62. The lowest BCUT2D eigenvalue weighted by Crippen LogP contribution is -2.16. The maximum Gasteiger partial charge on any atom is 0.0474 e. The van der Waals surface area contributed by atoms with E-state index in [0.717, 1.165) is 18.8 Å². The number of halogens is 1. The number of thioether (sulfide) groups is 1. The Morgan fingerprint density at radius 1 is 1.36 bits per heavy atom. The number of rotatable bonds is 6. The first-order valence-corrected chi connectivity index (χ1v) is 6.63. The van der Waals surface area contributed by atoms with Crippen molar-refractivity contribution in [3.05, 3.63) is 35.4 Å². The van der Waals surface area contributed by atoms with Gasteiger partial charge < -0.3 is 5.32 Å². The second-order valence-corrected chi connectivity index (χ2v) is 4.38. The summed E-state index contributed by atoms with van der Waals surface area (Å²) in [6.45, 7) is 2.00. The molecule has 14 heavy (non-hydrogen) atoms. The minimum Gasteiger partial charge on any atom is -0.312 e. The Labute approximate surface area is 95.2 Å². The molecule has 78 valence electrons. The van der Waals surface area contributed by atoms with Crippen LogP contribution in [0.25, 0.3) is 0 Å². The highest BCUT2D eigenvalue weighted by molar-refractivity contribution is 7.98. The van der Waals surface area contributed by atoms with Gasteiger partial charge in [0.25, 0.3) is 0 Å². The molecule has 0 amide bonds. The largest absolute Gasteiger partial charge is 0.312 e. The van der Waals surface area contributed by atoms with Crippen LogP contribution in [0.2, 0.25) is 0 Å². The minimum absolute atomic E-state index is 0.596. The summed E-state index contributed by atoms with van der Waals surface area (Å²) in [5.41, 5.74) is 2.50. The van der Waals surface area contributed by atoms with Crippen LogP contribution < -0.4 is 5.32 Å². The van der Waals surface area contributed by atoms with Gasteiger partial charge in [0.05, 0.1) is 0 Å². The lowest BCUT2D eigenvalue weighted by molar-refractivity contribution is 0.732. The van der Waals surface area contributed by atoms with E-state index >= 15 is 0 Å². The first kappa shape index (κ1) is 11.9. The van der Waals surface area contributed by atoms with Gasteiger partial charge in [-0.05, 0) is 17.4 Å². The van der Waals surface area contributed by atoms with Gasteiger partial charge in [0, 0.05) is 24.7 Å². The molecule has 0 radical (unpaired) electrons. The molecule has 0 saturated carbocycles. The van der Waals surface area contributed by atoms with Crippen LogP contribution in [0.4, 0.5) is 0 Å². The average molecular weight is 230 g/mol. The molecule has 0 aliphatic carbocycles. The Morgan fingerprint density at radius 2 is 2.14 bits per heavy atom. The Hall–Kier alpha value is -0.180. The van der Waals surface area contributed by atoms with Crippen molar-refractivity contribution >= 4 is 23.4 Å². The fourth-order valence-electron chi connectivity index (χ4n) is 1.23. The quantitative estimate of drug-likeness (QED) is 0.595. The molecule has 0 spiro atoms. The van der Waals surface area contributed by atoms with E-state index in [1.807, 2.05) is 11.8 Å². The molecule has 0 heterocycles. The molecular weight excluding hydrogens is 214 g/mol. The highest BCUT2D eigenvalue weighted by Crippen LogP contribution is 2.07. The van der Waals surface area contributed by atoms with Crippen molar-refractivity contribution in [1.29, 1.82) is 0 Å². The van der Waals surface area contributed by atoms with E-state index in [4.69, 9.17) is 11.6 Å². The van der Waals surface area contributed by atoms with Crippen molar-refractivity contribution in [3.63, 3.8) is 0 Å². The topological polar surface area (TPSA) is 12.0 Å². The molecule has 0 aliphatic heterocycles. The van der Waals surface area contributed by atoms with Gasteiger partial charge in [-0.15, -0.1) is 11.6 Å². The van der Waals surface area contributed by atoms with Crippen LogP contribution in [0.1, 0.15) is 11.1 Å². The fourth-order valence-corrected chi connectivity index (χ4v) is 1.74. The molecule has 0 aromatic heterocycles. The summed E-state index contributed by atoms with van der Waals surface area (Å²) in [6.07, 6.45) is 2.12. The first-order chi connectivity index (χ1) is 6.86. The van der Waals surface area contributed by atoms with E-state index in [1.165, 1.54) is 11.1 Å². The number of nitrogens with one attached hydrogen (secondary N) is 1. The summed E-state index contributed by atoms with van der Waals surface area (Å²) in [6, 6.07) is 8.39. The predicted octanol–water partition coefficient (Wildman–Crippen LogP) is 2.88. The molecule has 0 unspecified atom stereocenters.